The minimum atomic E-state index is -0.816. The van der Waals surface area contributed by atoms with Crippen molar-refractivity contribution in [2.45, 2.75) is 18.8 Å². The normalized spacial score (nSPS) is 21.9. The summed E-state index contributed by atoms with van der Waals surface area (Å²) < 4.78 is 0. The van der Waals surface area contributed by atoms with Gasteiger partial charge in [0.05, 0.1) is 5.56 Å². The Morgan fingerprint density at radius 3 is 2.88 bits per heavy atom. The van der Waals surface area contributed by atoms with Gasteiger partial charge in [0.25, 0.3) is 0 Å². The number of piperidine rings is 1. The van der Waals surface area contributed by atoms with Gasteiger partial charge in [-0.3, -0.25) is 0 Å². The third-order valence-corrected chi connectivity index (χ3v) is 3.26. The summed E-state index contributed by atoms with van der Waals surface area (Å²) in [4.78, 5) is 13.4. The van der Waals surface area contributed by atoms with E-state index in [-0.39, 0.29) is 0 Å². The first-order valence-corrected chi connectivity index (χ1v) is 5.69. The molecule has 1 N–H and O–H groups in total. The highest BCUT2D eigenvalue weighted by molar-refractivity contribution is 5.89. The number of likely N-dealkylation sites (tertiary alicyclic amines) is 1. The number of likely N-dealkylation sites (N-methyl/N-ethyl adjacent to an activating group) is 1. The molecule has 1 aliphatic rings. The standard InChI is InChI=1S/C13H17NO2/c1-14-8-4-5-10(9-14)11-6-2-3-7-12(11)13(15)16/h2-3,6-7,10H,4-5,8-9H2,1H3,(H,15,16). The van der Waals surface area contributed by atoms with Crippen molar-refractivity contribution in [3.8, 4) is 0 Å². The summed E-state index contributed by atoms with van der Waals surface area (Å²) in [6, 6.07) is 7.37. The third-order valence-electron chi connectivity index (χ3n) is 3.26. The number of carbonyl (C=O) groups is 1. The van der Waals surface area contributed by atoms with Crippen molar-refractivity contribution in [3.63, 3.8) is 0 Å². The summed E-state index contributed by atoms with van der Waals surface area (Å²) in [7, 11) is 2.09. The zero-order valence-corrected chi connectivity index (χ0v) is 9.52. The Morgan fingerprint density at radius 2 is 2.19 bits per heavy atom. The molecule has 1 unspecified atom stereocenters. The van der Waals surface area contributed by atoms with Crippen molar-refractivity contribution < 1.29 is 9.90 Å². The van der Waals surface area contributed by atoms with Crippen LogP contribution in [0.3, 0.4) is 0 Å². The summed E-state index contributed by atoms with van der Waals surface area (Å²) >= 11 is 0. The van der Waals surface area contributed by atoms with Crippen molar-refractivity contribution in [2.24, 2.45) is 0 Å². The largest absolute Gasteiger partial charge is 0.478 e. The molecule has 1 fully saturated rings. The maximum absolute atomic E-state index is 11.1. The number of aromatic carboxylic acids is 1. The molecule has 1 aliphatic heterocycles. The van der Waals surface area contributed by atoms with E-state index in [0.717, 1.165) is 31.5 Å². The van der Waals surface area contributed by atoms with Gasteiger partial charge in [-0.15, -0.1) is 0 Å². The van der Waals surface area contributed by atoms with Crippen molar-refractivity contribution in [3.05, 3.63) is 35.4 Å². The van der Waals surface area contributed by atoms with Gasteiger partial charge in [-0.1, -0.05) is 18.2 Å². The number of carboxylic acids is 1. The third kappa shape index (κ3) is 2.25. The lowest BCUT2D eigenvalue weighted by atomic mass is 9.88. The van der Waals surface area contributed by atoms with E-state index < -0.39 is 5.97 Å². The van der Waals surface area contributed by atoms with Crippen LogP contribution in [0.4, 0.5) is 0 Å². The second-order valence-corrected chi connectivity index (χ2v) is 4.49. The number of nitrogens with zero attached hydrogens (tertiary/aromatic N) is 1. The Bertz CT molecular complexity index is 389. The molecule has 1 heterocycles. The van der Waals surface area contributed by atoms with Crippen molar-refractivity contribution >= 4 is 5.97 Å². The molecule has 1 aromatic rings. The zero-order chi connectivity index (χ0) is 11.5. The van der Waals surface area contributed by atoms with E-state index in [1.807, 2.05) is 12.1 Å². The summed E-state index contributed by atoms with van der Waals surface area (Å²) in [6.07, 6.45) is 2.24. The Balaban J connectivity index is 2.28. The first-order chi connectivity index (χ1) is 7.68. The molecule has 2 rings (SSSR count). The minimum Gasteiger partial charge on any atom is -0.478 e. The second-order valence-electron chi connectivity index (χ2n) is 4.49. The molecule has 1 aromatic carbocycles. The first kappa shape index (κ1) is 11.1. The number of rotatable bonds is 2. The highest BCUT2D eigenvalue weighted by atomic mass is 16.4. The monoisotopic (exact) mass is 219 g/mol. The quantitative estimate of drug-likeness (QED) is 0.829. The van der Waals surface area contributed by atoms with Gasteiger partial charge >= 0.3 is 5.97 Å². The Morgan fingerprint density at radius 1 is 1.44 bits per heavy atom. The molecule has 0 spiro atoms. The van der Waals surface area contributed by atoms with E-state index in [1.165, 1.54) is 0 Å². The molecule has 1 atom stereocenters. The van der Waals surface area contributed by atoms with Crippen LogP contribution in [0, 0.1) is 0 Å². The molecule has 0 radical (unpaired) electrons. The topological polar surface area (TPSA) is 40.5 Å². The molecule has 1 saturated heterocycles. The van der Waals surface area contributed by atoms with Crippen LogP contribution in [0.2, 0.25) is 0 Å². The molecule has 0 aliphatic carbocycles. The van der Waals surface area contributed by atoms with Gasteiger partial charge in [-0.25, -0.2) is 4.79 Å². The van der Waals surface area contributed by atoms with Gasteiger partial charge in [0.1, 0.15) is 0 Å². The van der Waals surface area contributed by atoms with Crippen molar-refractivity contribution in [1.82, 2.24) is 4.90 Å². The predicted molar refractivity (Wildman–Crippen MR) is 62.9 cm³/mol. The SMILES string of the molecule is CN1CCCC(c2ccccc2C(=O)O)C1. The maximum Gasteiger partial charge on any atom is 0.335 e. The summed E-state index contributed by atoms with van der Waals surface area (Å²) in [6.45, 7) is 2.08. The van der Waals surface area contributed by atoms with Crippen LogP contribution in [0.25, 0.3) is 0 Å². The van der Waals surface area contributed by atoms with E-state index in [4.69, 9.17) is 5.11 Å². The average Bonchev–Trinajstić information content (AvgIpc) is 2.29. The molecular weight excluding hydrogens is 202 g/mol. The zero-order valence-electron chi connectivity index (χ0n) is 9.52. The van der Waals surface area contributed by atoms with Crippen LogP contribution in [0.1, 0.15) is 34.7 Å². The van der Waals surface area contributed by atoms with Crippen LogP contribution in [0.15, 0.2) is 24.3 Å². The molecule has 0 amide bonds. The number of benzene rings is 1. The van der Waals surface area contributed by atoms with E-state index in [9.17, 15) is 4.79 Å². The molecule has 3 nitrogen and oxygen atoms in total. The smallest absolute Gasteiger partial charge is 0.335 e. The van der Waals surface area contributed by atoms with Crippen LogP contribution >= 0.6 is 0 Å². The lowest BCUT2D eigenvalue weighted by Crippen LogP contribution is -2.31. The fourth-order valence-electron chi connectivity index (χ4n) is 2.47. The van der Waals surface area contributed by atoms with Gasteiger partial charge in [-0.05, 0) is 44.0 Å². The lowest BCUT2D eigenvalue weighted by Gasteiger charge is -2.30. The van der Waals surface area contributed by atoms with E-state index in [1.54, 1.807) is 12.1 Å². The fraction of sp³-hybridized carbons (Fsp3) is 0.462. The fourth-order valence-corrected chi connectivity index (χ4v) is 2.47. The maximum atomic E-state index is 11.1. The van der Waals surface area contributed by atoms with E-state index in [2.05, 4.69) is 11.9 Å². The average molecular weight is 219 g/mol. The molecule has 3 heteroatoms. The van der Waals surface area contributed by atoms with Crippen LogP contribution in [-0.2, 0) is 0 Å². The van der Waals surface area contributed by atoms with Crippen LogP contribution < -0.4 is 0 Å². The molecule has 86 valence electrons. The molecular formula is C13H17NO2. The number of hydrogen-bond donors (Lipinski definition) is 1. The van der Waals surface area contributed by atoms with Gasteiger partial charge in [-0.2, -0.15) is 0 Å². The Kier molecular flexibility index (Phi) is 3.25. The first-order valence-electron chi connectivity index (χ1n) is 5.69. The van der Waals surface area contributed by atoms with Gasteiger partial charge in [0, 0.05) is 6.54 Å². The van der Waals surface area contributed by atoms with Crippen molar-refractivity contribution in [1.29, 1.82) is 0 Å². The highest BCUT2D eigenvalue weighted by Gasteiger charge is 2.22. The van der Waals surface area contributed by atoms with E-state index in [0.29, 0.717) is 11.5 Å². The molecule has 0 saturated carbocycles. The molecule has 0 bridgehead atoms. The van der Waals surface area contributed by atoms with Crippen LogP contribution in [0.5, 0.6) is 0 Å². The molecule has 0 aromatic heterocycles. The summed E-state index contributed by atoms with van der Waals surface area (Å²) in [5, 5.41) is 9.15. The van der Waals surface area contributed by atoms with Gasteiger partial charge < -0.3 is 10.0 Å². The van der Waals surface area contributed by atoms with Gasteiger partial charge in [0.15, 0.2) is 0 Å². The van der Waals surface area contributed by atoms with Crippen molar-refractivity contribution in [2.75, 3.05) is 20.1 Å². The number of carboxylic acid groups (broad SMARTS) is 1. The van der Waals surface area contributed by atoms with E-state index >= 15 is 0 Å². The highest BCUT2D eigenvalue weighted by Crippen LogP contribution is 2.28. The summed E-state index contributed by atoms with van der Waals surface area (Å²) in [5.74, 6) is -0.449. The number of hydrogen-bond acceptors (Lipinski definition) is 2. The summed E-state index contributed by atoms with van der Waals surface area (Å²) in [5.41, 5.74) is 1.45. The van der Waals surface area contributed by atoms with Crippen LogP contribution in [-0.4, -0.2) is 36.1 Å². The minimum absolute atomic E-state index is 0.367. The lowest BCUT2D eigenvalue weighted by molar-refractivity contribution is 0.0694. The molecule has 16 heavy (non-hydrogen) atoms. The predicted octanol–water partition coefficient (Wildman–Crippen LogP) is 2.19. The Labute approximate surface area is 95.7 Å². The second kappa shape index (κ2) is 4.66. The van der Waals surface area contributed by atoms with Gasteiger partial charge in [0.2, 0.25) is 0 Å². The Hall–Kier alpha value is -1.35.